The van der Waals surface area contributed by atoms with Gasteiger partial charge in [-0.25, -0.2) is 9.37 Å². The summed E-state index contributed by atoms with van der Waals surface area (Å²) >= 11 is 0. The van der Waals surface area contributed by atoms with Crippen molar-refractivity contribution in [2.75, 3.05) is 7.05 Å². The predicted octanol–water partition coefficient (Wildman–Crippen LogP) is 2.13. The molecule has 0 spiro atoms. The minimum absolute atomic E-state index is 0.150. The molecule has 0 radical (unpaired) electrons. The number of aromatic nitrogens is 1. The van der Waals surface area contributed by atoms with Crippen LogP contribution in [0.1, 0.15) is 25.7 Å². The molecule has 1 aliphatic carbocycles. The largest absolute Gasteiger partial charge is 0.473 e. The summed E-state index contributed by atoms with van der Waals surface area (Å²) in [6.07, 6.45) is 5.92. The maximum absolute atomic E-state index is 12.7. The van der Waals surface area contributed by atoms with Crippen LogP contribution in [0.4, 0.5) is 4.39 Å². The Labute approximate surface area is 95.0 Å². The molecule has 1 aliphatic rings. The standard InChI is InChI=1S/C12H17FN2O/c1-14-10-4-2-3-5-11(10)16-12-7-6-9(13)8-15-12/h6-8,10-11,14H,2-5H2,1H3. The van der Waals surface area contributed by atoms with E-state index in [0.29, 0.717) is 11.9 Å². The molecule has 0 amide bonds. The van der Waals surface area contributed by atoms with Crippen molar-refractivity contribution in [3.05, 3.63) is 24.1 Å². The summed E-state index contributed by atoms with van der Waals surface area (Å²) in [7, 11) is 1.95. The molecule has 2 rings (SSSR count). The van der Waals surface area contributed by atoms with Crippen molar-refractivity contribution >= 4 is 0 Å². The Morgan fingerprint density at radius 1 is 1.38 bits per heavy atom. The monoisotopic (exact) mass is 224 g/mol. The Hall–Kier alpha value is -1.16. The number of halogens is 1. The van der Waals surface area contributed by atoms with Crippen LogP contribution in [0.5, 0.6) is 5.88 Å². The van der Waals surface area contributed by atoms with Crippen molar-refractivity contribution in [2.45, 2.75) is 37.8 Å². The van der Waals surface area contributed by atoms with Crippen LogP contribution in [0.15, 0.2) is 18.3 Å². The Balaban J connectivity index is 1.99. The van der Waals surface area contributed by atoms with Crippen molar-refractivity contribution in [2.24, 2.45) is 0 Å². The van der Waals surface area contributed by atoms with Crippen LogP contribution in [-0.4, -0.2) is 24.2 Å². The van der Waals surface area contributed by atoms with Crippen molar-refractivity contribution in [3.63, 3.8) is 0 Å². The van der Waals surface area contributed by atoms with E-state index in [1.807, 2.05) is 7.05 Å². The third-order valence-electron chi connectivity index (χ3n) is 3.05. The number of likely N-dealkylation sites (N-methyl/N-ethyl adjacent to an activating group) is 1. The Morgan fingerprint density at radius 2 is 2.19 bits per heavy atom. The fourth-order valence-corrected chi connectivity index (χ4v) is 2.16. The van der Waals surface area contributed by atoms with Gasteiger partial charge in [-0.05, 0) is 32.4 Å². The highest BCUT2D eigenvalue weighted by atomic mass is 19.1. The Morgan fingerprint density at radius 3 is 2.88 bits per heavy atom. The topological polar surface area (TPSA) is 34.1 Å². The second-order valence-electron chi connectivity index (χ2n) is 4.15. The minimum atomic E-state index is -0.332. The Bertz CT molecular complexity index is 328. The summed E-state index contributed by atoms with van der Waals surface area (Å²) in [5, 5.41) is 3.26. The van der Waals surface area contributed by atoms with Crippen molar-refractivity contribution in [1.29, 1.82) is 0 Å². The van der Waals surface area contributed by atoms with E-state index in [1.165, 1.54) is 25.1 Å². The molecule has 0 aromatic carbocycles. The molecular formula is C12H17FN2O. The highest BCUT2D eigenvalue weighted by molar-refractivity contribution is 5.11. The zero-order valence-corrected chi connectivity index (χ0v) is 9.45. The van der Waals surface area contributed by atoms with Crippen LogP contribution >= 0.6 is 0 Å². The summed E-state index contributed by atoms with van der Waals surface area (Å²) in [6.45, 7) is 0. The molecule has 1 aromatic heterocycles. The van der Waals surface area contributed by atoms with Gasteiger partial charge < -0.3 is 10.1 Å². The van der Waals surface area contributed by atoms with Crippen LogP contribution in [0.2, 0.25) is 0 Å². The first-order valence-electron chi connectivity index (χ1n) is 5.75. The zero-order valence-electron chi connectivity index (χ0n) is 9.45. The quantitative estimate of drug-likeness (QED) is 0.854. The number of rotatable bonds is 3. The van der Waals surface area contributed by atoms with Crippen molar-refractivity contribution < 1.29 is 9.13 Å². The number of pyridine rings is 1. The lowest BCUT2D eigenvalue weighted by Gasteiger charge is -2.31. The first kappa shape index (κ1) is 11.3. The lowest BCUT2D eigenvalue weighted by atomic mass is 9.92. The van der Waals surface area contributed by atoms with Crippen LogP contribution in [-0.2, 0) is 0 Å². The van der Waals surface area contributed by atoms with Gasteiger partial charge in [-0.1, -0.05) is 6.42 Å². The van der Waals surface area contributed by atoms with Crippen molar-refractivity contribution in [1.82, 2.24) is 10.3 Å². The fraction of sp³-hybridized carbons (Fsp3) is 0.583. The number of nitrogens with zero attached hydrogens (tertiary/aromatic N) is 1. The molecule has 88 valence electrons. The van der Waals surface area contributed by atoms with E-state index >= 15 is 0 Å². The molecule has 2 atom stereocenters. The van der Waals surface area contributed by atoms with Crippen LogP contribution in [0.3, 0.4) is 0 Å². The van der Waals surface area contributed by atoms with Gasteiger partial charge in [-0.15, -0.1) is 0 Å². The maximum atomic E-state index is 12.7. The SMILES string of the molecule is CNC1CCCCC1Oc1ccc(F)cn1. The second-order valence-corrected chi connectivity index (χ2v) is 4.15. The van der Waals surface area contributed by atoms with Crippen LogP contribution in [0, 0.1) is 5.82 Å². The van der Waals surface area contributed by atoms with E-state index in [1.54, 1.807) is 6.07 Å². The van der Waals surface area contributed by atoms with Gasteiger partial charge in [0.15, 0.2) is 0 Å². The molecule has 1 saturated carbocycles. The fourth-order valence-electron chi connectivity index (χ4n) is 2.16. The lowest BCUT2D eigenvalue weighted by Crippen LogP contribution is -2.43. The lowest BCUT2D eigenvalue weighted by molar-refractivity contribution is 0.112. The molecule has 1 fully saturated rings. The van der Waals surface area contributed by atoms with E-state index in [2.05, 4.69) is 10.3 Å². The number of hydrogen-bond acceptors (Lipinski definition) is 3. The summed E-state index contributed by atoms with van der Waals surface area (Å²) in [4.78, 5) is 3.92. The summed E-state index contributed by atoms with van der Waals surface area (Å²) in [6, 6.07) is 3.33. The number of hydrogen-bond donors (Lipinski definition) is 1. The summed E-state index contributed by atoms with van der Waals surface area (Å²) in [5.74, 6) is 0.176. The van der Waals surface area contributed by atoms with Crippen molar-refractivity contribution in [3.8, 4) is 5.88 Å². The molecule has 3 nitrogen and oxygen atoms in total. The van der Waals surface area contributed by atoms with Crippen LogP contribution in [0.25, 0.3) is 0 Å². The van der Waals surface area contributed by atoms with E-state index in [-0.39, 0.29) is 11.9 Å². The maximum Gasteiger partial charge on any atom is 0.213 e. The third-order valence-corrected chi connectivity index (χ3v) is 3.05. The first-order chi connectivity index (χ1) is 7.79. The van der Waals surface area contributed by atoms with Gasteiger partial charge in [0, 0.05) is 12.1 Å². The second kappa shape index (κ2) is 5.25. The van der Waals surface area contributed by atoms with Gasteiger partial charge in [-0.3, -0.25) is 0 Å². The summed E-state index contributed by atoms with van der Waals surface area (Å²) < 4.78 is 18.5. The summed E-state index contributed by atoms with van der Waals surface area (Å²) in [5.41, 5.74) is 0. The normalized spacial score (nSPS) is 25.4. The molecule has 2 unspecified atom stereocenters. The molecule has 0 saturated heterocycles. The van der Waals surface area contributed by atoms with E-state index < -0.39 is 0 Å². The highest BCUT2D eigenvalue weighted by Gasteiger charge is 2.25. The molecule has 1 N–H and O–H groups in total. The average molecular weight is 224 g/mol. The van der Waals surface area contributed by atoms with Gasteiger partial charge in [0.05, 0.1) is 6.20 Å². The smallest absolute Gasteiger partial charge is 0.213 e. The van der Waals surface area contributed by atoms with Gasteiger partial charge in [-0.2, -0.15) is 0 Å². The zero-order chi connectivity index (χ0) is 11.4. The Kier molecular flexibility index (Phi) is 3.72. The van der Waals surface area contributed by atoms with Gasteiger partial charge in [0.2, 0.25) is 5.88 Å². The number of ether oxygens (including phenoxy) is 1. The third kappa shape index (κ3) is 2.70. The molecular weight excluding hydrogens is 207 g/mol. The van der Waals surface area contributed by atoms with E-state index in [0.717, 1.165) is 12.8 Å². The predicted molar refractivity (Wildman–Crippen MR) is 59.9 cm³/mol. The van der Waals surface area contributed by atoms with Crippen LogP contribution < -0.4 is 10.1 Å². The molecule has 4 heteroatoms. The molecule has 16 heavy (non-hydrogen) atoms. The van der Waals surface area contributed by atoms with E-state index in [4.69, 9.17) is 4.74 Å². The molecule has 0 aliphatic heterocycles. The molecule has 1 heterocycles. The van der Waals surface area contributed by atoms with Gasteiger partial charge >= 0.3 is 0 Å². The highest BCUT2D eigenvalue weighted by Crippen LogP contribution is 2.22. The van der Waals surface area contributed by atoms with Gasteiger partial charge in [0.1, 0.15) is 11.9 Å². The van der Waals surface area contributed by atoms with Gasteiger partial charge in [0.25, 0.3) is 0 Å². The number of nitrogens with one attached hydrogen (secondary N) is 1. The minimum Gasteiger partial charge on any atom is -0.473 e. The van der Waals surface area contributed by atoms with E-state index in [9.17, 15) is 4.39 Å². The first-order valence-corrected chi connectivity index (χ1v) is 5.75. The average Bonchev–Trinajstić information content (AvgIpc) is 2.33. The molecule has 0 bridgehead atoms. The molecule has 1 aromatic rings.